The zero-order chi connectivity index (χ0) is 12.3. The summed E-state index contributed by atoms with van der Waals surface area (Å²) in [5.41, 5.74) is -1.25. The van der Waals surface area contributed by atoms with Crippen molar-refractivity contribution in [2.45, 2.75) is 25.8 Å². The lowest BCUT2D eigenvalue weighted by molar-refractivity contribution is -0.145. The summed E-state index contributed by atoms with van der Waals surface area (Å²) >= 11 is 7.03. The molecule has 0 atom stereocenters. The molecule has 0 aliphatic heterocycles. The van der Waals surface area contributed by atoms with Crippen molar-refractivity contribution in [3.8, 4) is 0 Å². The van der Waals surface area contributed by atoms with Crippen LogP contribution in [0.2, 0.25) is 4.34 Å². The molecule has 1 rings (SSSR count). The first kappa shape index (κ1) is 13.0. The third-order valence-corrected chi connectivity index (χ3v) is 3.18. The van der Waals surface area contributed by atoms with Gasteiger partial charge in [0.2, 0.25) is 5.91 Å². The van der Waals surface area contributed by atoms with E-state index in [9.17, 15) is 9.59 Å². The van der Waals surface area contributed by atoms with Crippen LogP contribution in [0.25, 0.3) is 0 Å². The first-order chi connectivity index (χ1) is 7.31. The molecule has 0 aromatic carbocycles. The Labute approximate surface area is 102 Å². The van der Waals surface area contributed by atoms with Gasteiger partial charge in [-0.3, -0.25) is 4.79 Å². The van der Waals surface area contributed by atoms with Gasteiger partial charge in [-0.15, -0.1) is 11.3 Å². The number of hydrogen-bond acceptors (Lipinski definition) is 3. The van der Waals surface area contributed by atoms with Gasteiger partial charge in [0.25, 0.3) is 0 Å². The number of hydrogen-bond donors (Lipinski definition) is 2. The van der Waals surface area contributed by atoms with E-state index in [1.54, 1.807) is 12.1 Å². The second-order valence-corrected chi connectivity index (χ2v) is 5.66. The van der Waals surface area contributed by atoms with Crippen molar-refractivity contribution in [3.05, 3.63) is 21.3 Å². The Morgan fingerprint density at radius 1 is 1.50 bits per heavy atom. The van der Waals surface area contributed by atoms with Crippen LogP contribution in [-0.2, 0) is 16.0 Å². The molecule has 1 amide bonds. The highest BCUT2D eigenvalue weighted by molar-refractivity contribution is 7.16. The molecule has 4 nitrogen and oxygen atoms in total. The zero-order valence-electron chi connectivity index (χ0n) is 8.91. The van der Waals surface area contributed by atoms with Gasteiger partial charge in [0.15, 0.2) is 0 Å². The van der Waals surface area contributed by atoms with Crippen LogP contribution < -0.4 is 5.32 Å². The number of nitrogens with one attached hydrogen (secondary N) is 1. The van der Waals surface area contributed by atoms with E-state index in [4.69, 9.17) is 16.7 Å². The Bertz CT molecular complexity index is 414. The second-order valence-electron chi connectivity index (χ2n) is 3.86. The number of carbonyl (C=O) groups is 2. The van der Waals surface area contributed by atoms with Crippen LogP contribution in [0.4, 0.5) is 0 Å². The molecular weight excluding hydrogens is 250 g/mol. The summed E-state index contributed by atoms with van der Waals surface area (Å²) in [6.45, 7) is 2.88. The molecule has 0 radical (unpaired) electrons. The van der Waals surface area contributed by atoms with Crippen LogP contribution in [0.3, 0.4) is 0 Å². The fourth-order valence-corrected chi connectivity index (χ4v) is 2.14. The summed E-state index contributed by atoms with van der Waals surface area (Å²) in [5.74, 6) is -1.39. The van der Waals surface area contributed by atoms with Gasteiger partial charge in [-0.2, -0.15) is 0 Å². The molecule has 1 aromatic heterocycles. The number of carboxylic acids is 1. The molecule has 0 fully saturated rings. The molecule has 0 aliphatic carbocycles. The lowest BCUT2D eigenvalue weighted by Gasteiger charge is -2.20. The van der Waals surface area contributed by atoms with Gasteiger partial charge in [0, 0.05) is 4.88 Å². The van der Waals surface area contributed by atoms with Crippen molar-refractivity contribution in [2.75, 3.05) is 0 Å². The van der Waals surface area contributed by atoms with E-state index in [0.29, 0.717) is 4.34 Å². The molecule has 0 unspecified atom stereocenters. The van der Waals surface area contributed by atoms with Crippen molar-refractivity contribution in [2.24, 2.45) is 0 Å². The topological polar surface area (TPSA) is 66.4 Å². The largest absolute Gasteiger partial charge is 0.480 e. The molecule has 16 heavy (non-hydrogen) atoms. The van der Waals surface area contributed by atoms with Gasteiger partial charge >= 0.3 is 5.97 Å². The maximum atomic E-state index is 11.5. The first-order valence-electron chi connectivity index (χ1n) is 4.60. The molecule has 0 aliphatic rings. The van der Waals surface area contributed by atoms with E-state index in [1.807, 2.05) is 0 Å². The first-order valence-corrected chi connectivity index (χ1v) is 5.79. The van der Waals surface area contributed by atoms with E-state index >= 15 is 0 Å². The van der Waals surface area contributed by atoms with Gasteiger partial charge < -0.3 is 10.4 Å². The molecule has 6 heteroatoms. The predicted molar refractivity (Wildman–Crippen MR) is 62.9 cm³/mol. The molecule has 0 saturated heterocycles. The lowest BCUT2D eigenvalue weighted by atomic mass is 10.1. The van der Waals surface area contributed by atoms with Crippen LogP contribution >= 0.6 is 22.9 Å². The van der Waals surface area contributed by atoms with Gasteiger partial charge in [0.1, 0.15) is 5.54 Å². The summed E-state index contributed by atoms with van der Waals surface area (Å²) in [6.07, 6.45) is 0.147. The van der Waals surface area contributed by atoms with Crippen molar-refractivity contribution < 1.29 is 14.7 Å². The smallest absolute Gasteiger partial charge is 0.328 e. The summed E-state index contributed by atoms with van der Waals surface area (Å²) in [6, 6.07) is 3.46. The molecule has 2 N–H and O–H groups in total. The molecule has 0 bridgehead atoms. The predicted octanol–water partition coefficient (Wildman–Crippen LogP) is 1.92. The molecular formula is C10H12ClNO3S. The number of halogens is 1. The summed E-state index contributed by atoms with van der Waals surface area (Å²) in [7, 11) is 0. The third kappa shape index (κ3) is 3.50. The number of rotatable bonds is 4. The van der Waals surface area contributed by atoms with E-state index in [1.165, 1.54) is 25.2 Å². The van der Waals surface area contributed by atoms with E-state index < -0.39 is 11.5 Å². The SMILES string of the molecule is CC(C)(NC(=O)Cc1ccc(Cl)s1)C(=O)O. The minimum atomic E-state index is -1.25. The quantitative estimate of drug-likeness (QED) is 0.870. The van der Waals surface area contributed by atoms with Crippen LogP contribution in [0, 0.1) is 0 Å². The highest BCUT2D eigenvalue weighted by Crippen LogP contribution is 2.21. The average Bonchev–Trinajstić information content (AvgIpc) is 2.49. The van der Waals surface area contributed by atoms with Crippen LogP contribution in [0.1, 0.15) is 18.7 Å². The third-order valence-electron chi connectivity index (χ3n) is 1.95. The Balaban J connectivity index is 2.58. The van der Waals surface area contributed by atoms with Crippen LogP contribution in [0.15, 0.2) is 12.1 Å². The van der Waals surface area contributed by atoms with E-state index in [2.05, 4.69) is 5.32 Å². The maximum absolute atomic E-state index is 11.5. The second kappa shape index (κ2) is 4.84. The van der Waals surface area contributed by atoms with Gasteiger partial charge in [-0.25, -0.2) is 4.79 Å². The highest BCUT2D eigenvalue weighted by atomic mass is 35.5. The normalized spacial score (nSPS) is 11.2. The van der Waals surface area contributed by atoms with Gasteiger partial charge in [-0.05, 0) is 26.0 Å². The Morgan fingerprint density at radius 2 is 2.12 bits per heavy atom. The van der Waals surface area contributed by atoms with Crippen molar-refractivity contribution >= 4 is 34.8 Å². The molecule has 0 saturated carbocycles. The van der Waals surface area contributed by atoms with E-state index in [-0.39, 0.29) is 12.3 Å². The number of aliphatic carboxylic acids is 1. The molecule has 88 valence electrons. The zero-order valence-corrected chi connectivity index (χ0v) is 10.5. The van der Waals surface area contributed by atoms with Gasteiger partial charge in [-0.1, -0.05) is 11.6 Å². The van der Waals surface area contributed by atoms with Crippen molar-refractivity contribution in [1.29, 1.82) is 0 Å². The van der Waals surface area contributed by atoms with Crippen LogP contribution in [-0.4, -0.2) is 22.5 Å². The minimum Gasteiger partial charge on any atom is -0.480 e. The number of thiophene rings is 1. The summed E-state index contributed by atoms with van der Waals surface area (Å²) in [5, 5.41) is 11.3. The Morgan fingerprint density at radius 3 is 2.56 bits per heavy atom. The van der Waals surface area contributed by atoms with Crippen LogP contribution in [0.5, 0.6) is 0 Å². The van der Waals surface area contributed by atoms with E-state index in [0.717, 1.165) is 4.88 Å². The number of carboxylic acid groups (broad SMARTS) is 1. The lowest BCUT2D eigenvalue weighted by Crippen LogP contribution is -2.50. The number of amides is 1. The van der Waals surface area contributed by atoms with Crippen molar-refractivity contribution in [3.63, 3.8) is 0 Å². The monoisotopic (exact) mass is 261 g/mol. The summed E-state index contributed by atoms with van der Waals surface area (Å²) < 4.78 is 0.611. The Hall–Kier alpha value is -1.07. The van der Waals surface area contributed by atoms with Crippen molar-refractivity contribution in [1.82, 2.24) is 5.32 Å². The van der Waals surface area contributed by atoms with Gasteiger partial charge in [0.05, 0.1) is 10.8 Å². The average molecular weight is 262 g/mol. The maximum Gasteiger partial charge on any atom is 0.328 e. The molecule has 0 spiro atoms. The Kier molecular flexibility index (Phi) is 3.93. The minimum absolute atomic E-state index is 0.147. The number of carbonyl (C=O) groups excluding carboxylic acids is 1. The molecule has 1 heterocycles. The fraction of sp³-hybridized carbons (Fsp3) is 0.400. The molecule has 1 aromatic rings. The standard InChI is InChI=1S/C10H12ClNO3S/c1-10(2,9(14)15)12-8(13)5-6-3-4-7(11)16-6/h3-4H,5H2,1-2H3,(H,12,13)(H,14,15). The summed E-state index contributed by atoms with van der Waals surface area (Å²) in [4.78, 5) is 23.1. The highest BCUT2D eigenvalue weighted by Gasteiger charge is 2.28. The fourth-order valence-electron chi connectivity index (χ4n) is 1.05.